The summed E-state index contributed by atoms with van der Waals surface area (Å²) < 4.78 is 11.9. The number of piperidine rings is 1. The van der Waals surface area contributed by atoms with Gasteiger partial charge < -0.3 is 14.4 Å². The number of benzene rings is 2. The highest BCUT2D eigenvalue weighted by molar-refractivity contribution is 5.79. The SMILES string of the molecule is O=C(COc1ccc(-c2ccccc2)cc1)N1C2CCC1CC(Oc1ccccn1)C2. The molecular formula is C26H26N2O3. The molecule has 5 rings (SSSR count). The maximum absolute atomic E-state index is 12.9. The van der Waals surface area contributed by atoms with Crippen LogP contribution in [0.15, 0.2) is 79.0 Å². The van der Waals surface area contributed by atoms with Crippen molar-refractivity contribution in [3.8, 4) is 22.8 Å². The average molecular weight is 415 g/mol. The fourth-order valence-electron chi connectivity index (χ4n) is 4.81. The van der Waals surface area contributed by atoms with Gasteiger partial charge in [-0.1, -0.05) is 48.5 Å². The van der Waals surface area contributed by atoms with Crippen LogP contribution in [0.5, 0.6) is 11.6 Å². The van der Waals surface area contributed by atoms with E-state index in [1.54, 1.807) is 6.20 Å². The summed E-state index contributed by atoms with van der Waals surface area (Å²) in [6, 6.07) is 24.3. The number of pyridine rings is 1. The second-order valence-electron chi connectivity index (χ2n) is 8.24. The average Bonchev–Trinajstić information content (AvgIpc) is 3.09. The van der Waals surface area contributed by atoms with Crippen LogP contribution in [0, 0.1) is 0 Å². The predicted octanol–water partition coefficient (Wildman–Crippen LogP) is 4.73. The minimum Gasteiger partial charge on any atom is -0.484 e. The van der Waals surface area contributed by atoms with Crippen LogP contribution in [-0.4, -0.2) is 40.6 Å². The topological polar surface area (TPSA) is 51.7 Å². The molecule has 3 heterocycles. The van der Waals surface area contributed by atoms with E-state index in [0.717, 1.165) is 36.8 Å². The van der Waals surface area contributed by atoms with Gasteiger partial charge in [0.05, 0.1) is 0 Å². The van der Waals surface area contributed by atoms with Crippen LogP contribution >= 0.6 is 0 Å². The minimum atomic E-state index is 0.0657. The number of carbonyl (C=O) groups excluding carboxylic acids is 1. The summed E-state index contributed by atoms with van der Waals surface area (Å²) in [5.74, 6) is 1.44. The first-order valence-corrected chi connectivity index (χ1v) is 10.9. The van der Waals surface area contributed by atoms with Crippen molar-refractivity contribution in [2.24, 2.45) is 0 Å². The number of hydrogen-bond donors (Lipinski definition) is 0. The Morgan fingerprint density at radius 2 is 1.55 bits per heavy atom. The molecule has 2 aromatic carbocycles. The molecular weight excluding hydrogens is 388 g/mol. The number of hydrogen-bond acceptors (Lipinski definition) is 4. The summed E-state index contributed by atoms with van der Waals surface area (Å²) in [5.41, 5.74) is 2.30. The van der Waals surface area contributed by atoms with Crippen LogP contribution in [-0.2, 0) is 4.79 Å². The first-order chi connectivity index (χ1) is 15.3. The lowest BCUT2D eigenvalue weighted by Crippen LogP contribution is -2.50. The standard InChI is InChI=1S/C26H26N2O3/c29-26(18-30-23-13-9-20(10-14-23)19-6-2-1-3-7-19)28-21-11-12-22(28)17-24(16-21)31-25-8-4-5-15-27-25/h1-10,13-15,21-22,24H,11-12,16-18H2. The van der Waals surface area contributed by atoms with Crippen molar-refractivity contribution < 1.29 is 14.3 Å². The molecule has 3 aromatic rings. The molecule has 2 fully saturated rings. The van der Waals surface area contributed by atoms with E-state index >= 15 is 0 Å². The minimum absolute atomic E-state index is 0.0657. The van der Waals surface area contributed by atoms with Gasteiger partial charge in [0.1, 0.15) is 11.9 Å². The monoisotopic (exact) mass is 414 g/mol. The lowest BCUT2D eigenvalue weighted by atomic mass is 9.99. The summed E-state index contributed by atoms with van der Waals surface area (Å²) in [4.78, 5) is 19.2. The second kappa shape index (κ2) is 8.80. The third kappa shape index (κ3) is 4.41. The molecule has 1 amide bonds. The molecule has 0 radical (unpaired) electrons. The molecule has 2 unspecified atom stereocenters. The van der Waals surface area contributed by atoms with Gasteiger partial charge in [-0.05, 0) is 42.2 Å². The van der Waals surface area contributed by atoms with Crippen molar-refractivity contribution in [3.63, 3.8) is 0 Å². The smallest absolute Gasteiger partial charge is 0.261 e. The van der Waals surface area contributed by atoms with Crippen LogP contribution in [0.1, 0.15) is 25.7 Å². The van der Waals surface area contributed by atoms with Gasteiger partial charge in [0.2, 0.25) is 5.88 Å². The molecule has 0 saturated carbocycles. The van der Waals surface area contributed by atoms with Gasteiger partial charge in [0.15, 0.2) is 6.61 Å². The third-order valence-corrected chi connectivity index (χ3v) is 6.23. The molecule has 0 aliphatic carbocycles. The molecule has 5 heteroatoms. The Morgan fingerprint density at radius 3 is 2.23 bits per heavy atom. The maximum atomic E-state index is 12.9. The van der Waals surface area contributed by atoms with E-state index in [1.807, 2.05) is 65.6 Å². The van der Waals surface area contributed by atoms with Crippen LogP contribution < -0.4 is 9.47 Å². The molecule has 5 nitrogen and oxygen atoms in total. The summed E-state index contributed by atoms with van der Waals surface area (Å²) in [5, 5.41) is 0. The fraction of sp³-hybridized carbons (Fsp3) is 0.308. The van der Waals surface area contributed by atoms with Crippen molar-refractivity contribution in [1.29, 1.82) is 0 Å². The Bertz CT molecular complexity index is 994. The fourth-order valence-corrected chi connectivity index (χ4v) is 4.81. The highest BCUT2D eigenvalue weighted by atomic mass is 16.5. The van der Waals surface area contributed by atoms with E-state index in [0.29, 0.717) is 11.6 Å². The van der Waals surface area contributed by atoms with Crippen molar-refractivity contribution >= 4 is 5.91 Å². The molecule has 158 valence electrons. The number of amides is 1. The van der Waals surface area contributed by atoms with Crippen LogP contribution in [0.2, 0.25) is 0 Å². The number of rotatable bonds is 6. The van der Waals surface area contributed by atoms with E-state index in [9.17, 15) is 4.79 Å². The molecule has 1 aromatic heterocycles. The lowest BCUT2D eigenvalue weighted by Gasteiger charge is -2.38. The molecule has 2 atom stereocenters. The molecule has 31 heavy (non-hydrogen) atoms. The number of ether oxygens (including phenoxy) is 2. The van der Waals surface area contributed by atoms with Gasteiger partial charge in [0.25, 0.3) is 5.91 Å². The zero-order valence-electron chi connectivity index (χ0n) is 17.4. The van der Waals surface area contributed by atoms with Gasteiger partial charge in [-0.25, -0.2) is 4.98 Å². The zero-order valence-corrected chi connectivity index (χ0v) is 17.4. The van der Waals surface area contributed by atoms with Gasteiger partial charge in [-0.2, -0.15) is 0 Å². The molecule has 2 aliphatic rings. The van der Waals surface area contributed by atoms with E-state index < -0.39 is 0 Å². The third-order valence-electron chi connectivity index (χ3n) is 6.23. The Balaban J connectivity index is 1.16. The van der Waals surface area contributed by atoms with Gasteiger partial charge >= 0.3 is 0 Å². The highest BCUT2D eigenvalue weighted by Crippen LogP contribution is 2.37. The number of nitrogens with zero attached hydrogens (tertiary/aromatic N) is 2. The molecule has 2 bridgehead atoms. The van der Waals surface area contributed by atoms with Crippen molar-refractivity contribution in [3.05, 3.63) is 79.0 Å². The Morgan fingerprint density at radius 1 is 0.871 bits per heavy atom. The first kappa shape index (κ1) is 19.6. The van der Waals surface area contributed by atoms with Crippen LogP contribution in [0.25, 0.3) is 11.1 Å². The molecule has 0 spiro atoms. The normalized spacial score (nSPS) is 22.2. The van der Waals surface area contributed by atoms with Crippen LogP contribution in [0.3, 0.4) is 0 Å². The van der Waals surface area contributed by atoms with Crippen molar-refractivity contribution in [1.82, 2.24) is 9.88 Å². The molecule has 0 N–H and O–H groups in total. The summed E-state index contributed by atoms with van der Waals surface area (Å²) >= 11 is 0. The number of carbonyl (C=O) groups is 1. The molecule has 2 aliphatic heterocycles. The number of fused-ring (bicyclic) bond motifs is 2. The Hall–Kier alpha value is -3.34. The van der Waals surface area contributed by atoms with Gasteiger partial charge in [-0.3, -0.25) is 4.79 Å². The Kier molecular flexibility index (Phi) is 5.57. The molecule has 2 saturated heterocycles. The van der Waals surface area contributed by atoms with Crippen molar-refractivity contribution in [2.45, 2.75) is 43.9 Å². The Labute approximate surface area is 182 Å². The van der Waals surface area contributed by atoms with E-state index in [2.05, 4.69) is 17.1 Å². The highest BCUT2D eigenvalue weighted by Gasteiger charge is 2.44. The quantitative estimate of drug-likeness (QED) is 0.585. The summed E-state index contributed by atoms with van der Waals surface area (Å²) in [6.45, 7) is 0.0729. The second-order valence-corrected chi connectivity index (χ2v) is 8.24. The number of aromatic nitrogens is 1. The van der Waals surface area contributed by atoms with Gasteiger partial charge in [-0.15, -0.1) is 0 Å². The van der Waals surface area contributed by atoms with E-state index in [-0.39, 0.29) is 30.7 Å². The summed E-state index contributed by atoms with van der Waals surface area (Å²) in [7, 11) is 0. The van der Waals surface area contributed by atoms with Crippen molar-refractivity contribution in [2.75, 3.05) is 6.61 Å². The predicted molar refractivity (Wildman–Crippen MR) is 119 cm³/mol. The zero-order chi connectivity index (χ0) is 21.0. The van der Waals surface area contributed by atoms with Gasteiger partial charge in [0, 0.05) is 37.2 Å². The van der Waals surface area contributed by atoms with E-state index in [1.165, 1.54) is 0 Å². The van der Waals surface area contributed by atoms with E-state index in [4.69, 9.17) is 9.47 Å². The summed E-state index contributed by atoms with van der Waals surface area (Å²) in [6.07, 6.45) is 5.62. The largest absolute Gasteiger partial charge is 0.484 e. The lowest BCUT2D eigenvalue weighted by molar-refractivity contribution is -0.139. The van der Waals surface area contributed by atoms with Crippen LogP contribution in [0.4, 0.5) is 0 Å². The maximum Gasteiger partial charge on any atom is 0.261 e. The first-order valence-electron chi connectivity index (χ1n) is 10.9.